The fourth-order valence-electron chi connectivity index (χ4n) is 3.76. The molecular formula is C15H29N3O. The molecule has 0 aromatic heterocycles. The van der Waals surface area contributed by atoms with Crippen molar-refractivity contribution in [1.82, 2.24) is 10.2 Å². The number of amides is 1. The minimum Gasteiger partial charge on any atom is -0.370 e. The number of likely N-dealkylation sites (tertiary alicyclic amines) is 1. The van der Waals surface area contributed by atoms with E-state index in [2.05, 4.69) is 24.1 Å². The van der Waals surface area contributed by atoms with Gasteiger partial charge in [-0.1, -0.05) is 6.42 Å². The van der Waals surface area contributed by atoms with Crippen LogP contribution in [0.5, 0.6) is 0 Å². The number of piperidine rings is 1. The fourth-order valence-corrected chi connectivity index (χ4v) is 3.76. The Bertz CT molecular complexity index is 292. The number of primary amides is 1. The lowest BCUT2D eigenvalue weighted by Gasteiger charge is -2.49. The van der Waals surface area contributed by atoms with Crippen LogP contribution in [0.15, 0.2) is 0 Å². The lowest BCUT2D eigenvalue weighted by Crippen LogP contribution is -2.58. The van der Waals surface area contributed by atoms with Crippen molar-refractivity contribution >= 4 is 5.91 Å². The monoisotopic (exact) mass is 267 g/mol. The summed E-state index contributed by atoms with van der Waals surface area (Å²) in [6.45, 7) is 8.01. The third kappa shape index (κ3) is 3.93. The molecule has 0 spiro atoms. The van der Waals surface area contributed by atoms with Crippen LogP contribution in [0, 0.1) is 11.8 Å². The van der Waals surface area contributed by atoms with Crippen molar-refractivity contribution in [3.05, 3.63) is 0 Å². The topological polar surface area (TPSA) is 58.4 Å². The zero-order valence-corrected chi connectivity index (χ0v) is 12.4. The van der Waals surface area contributed by atoms with Gasteiger partial charge in [-0.15, -0.1) is 0 Å². The van der Waals surface area contributed by atoms with Gasteiger partial charge in [0.2, 0.25) is 5.91 Å². The summed E-state index contributed by atoms with van der Waals surface area (Å²) in [4.78, 5) is 13.4. The van der Waals surface area contributed by atoms with Crippen LogP contribution in [0.4, 0.5) is 0 Å². The molecule has 0 radical (unpaired) electrons. The van der Waals surface area contributed by atoms with Crippen LogP contribution >= 0.6 is 0 Å². The molecule has 2 fully saturated rings. The molecule has 2 atom stereocenters. The molecule has 4 heteroatoms. The molecule has 1 saturated carbocycles. The van der Waals surface area contributed by atoms with Crippen LogP contribution in [0.2, 0.25) is 0 Å². The average molecular weight is 267 g/mol. The average Bonchev–Trinajstić information content (AvgIpc) is 2.33. The van der Waals surface area contributed by atoms with E-state index in [4.69, 9.17) is 5.73 Å². The van der Waals surface area contributed by atoms with Gasteiger partial charge in [0.1, 0.15) is 0 Å². The predicted molar refractivity (Wildman–Crippen MR) is 77.8 cm³/mol. The largest absolute Gasteiger partial charge is 0.370 e. The number of rotatable bonds is 6. The highest BCUT2D eigenvalue weighted by atomic mass is 16.1. The van der Waals surface area contributed by atoms with Crippen LogP contribution in [-0.4, -0.2) is 42.5 Å². The Labute approximate surface area is 117 Å². The Balaban J connectivity index is 1.82. The van der Waals surface area contributed by atoms with E-state index >= 15 is 0 Å². The zero-order valence-electron chi connectivity index (χ0n) is 12.4. The van der Waals surface area contributed by atoms with E-state index in [1.165, 1.54) is 32.4 Å². The van der Waals surface area contributed by atoms with E-state index in [0.717, 1.165) is 24.8 Å². The first-order valence-corrected chi connectivity index (χ1v) is 7.83. The Morgan fingerprint density at radius 1 is 1.32 bits per heavy atom. The number of nitrogens with zero attached hydrogens (tertiary/aromatic N) is 1. The summed E-state index contributed by atoms with van der Waals surface area (Å²) in [6, 6.07) is 1.33. The maximum absolute atomic E-state index is 10.8. The maximum atomic E-state index is 10.8. The SMILES string of the molecule is CC(C)N1CC2CCCC(C1)C2NCCCC(N)=O. The highest BCUT2D eigenvalue weighted by Gasteiger charge is 2.39. The van der Waals surface area contributed by atoms with Crippen molar-refractivity contribution in [3.8, 4) is 0 Å². The molecule has 1 amide bonds. The van der Waals surface area contributed by atoms with Crippen LogP contribution in [0.3, 0.4) is 0 Å². The van der Waals surface area contributed by atoms with Crippen LogP contribution in [0.25, 0.3) is 0 Å². The van der Waals surface area contributed by atoms with E-state index in [9.17, 15) is 4.79 Å². The Hall–Kier alpha value is -0.610. The Kier molecular flexibility index (Phi) is 5.22. The summed E-state index contributed by atoms with van der Waals surface area (Å²) in [5, 5.41) is 3.70. The van der Waals surface area contributed by atoms with Crippen molar-refractivity contribution < 1.29 is 4.79 Å². The number of fused-ring (bicyclic) bond motifs is 2. The van der Waals surface area contributed by atoms with Crippen molar-refractivity contribution in [2.24, 2.45) is 17.6 Å². The van der Waals surface area contributed by atoms with Gasteiger partial charge in [-0.05, 0) is 51.5 Å². The molecule has 3 N–H and O–H groups in total. The molecule has 19 heavy (non-hydrogen) atoms. The molecule has 2 aliphatic rings. The molecule has 2 bridgehead atoms. The van der Waals surface area contributed by atoms with Gasteiger partial charge in [0, 0.05) is 31.6 Å². The van der Waals surface area contributed by atoms with Crippen molar-refractivity contribution in [1.29, 1.82) is 0 Å². The number of nitrogens with two attached hydrogens (primary N) is 1. The molecule has 2 unspecified atom stereocenters. The van der Waals surface area contributed by atoms with Gasteiger partial charge in [0.05, 0.1) is 0 Å². The van der Waals surface area contributed by atoms with Crippen LogP contribution in [-0.2, 0) is 4.79 Å². The smallest absolute Gasteiger partial charge is 0.217 e. The standard InChI is InChI=1S/C15H29N3O/c1-11(2)18-9-12-5-3-6-13(10-18)15(12)17-8-4-7-14(16)19/h11-13,15,17H,3-10H2,1-2H3,(H2,16,19). The van der Waals surface area contributed by atoms with E-state index < -0.39 is 0 Å². The second kappa shape index (κ2) is 6.71. The lowest BCUT2D eigenvalue weighted by atomic mass is 9.73. The number of hydrogen-bond acceptors (Lipinski definition) is 3. The predicted octanol–water partition coefficient (Wildman–Crippen LogP) is 1.35. The molecule has 1 saturated heterocycles. The van der Waals surface area contributed by atoms with Gasteiger partial charge in [0.15, 0.2) is 0 Å². The maximum Gasteiger partial charge on any atom is 0.217 e. The van der Waals surface area contributed by atoms with Gasteiger partial charge in [0.25, 0.3) is 0 Å². The lowest BCUT2D eigenvalue weighted by molar-refractivity contribution is -0.118. The summed E-state index contributed by atoms with van der Waals surface area (Å²) < 4.78 is 0. The quantitative estimate of drug-likeness (QED) is 0.714. The van der Waals surface area contributed by atoms with Crippen molar-refractivity contribution in [3.63, 3.8) is 0 Å². The van der Waals surface area contributed by atoms with Crippen molar-refractivity contribution in [2.45, 2.75) is 58.0 Å². The molecule has 1 aliphatic heterocycles. The summed E-state index contributed by atoms with van der Waals surface area (Å²) in [6.07, 6.45) is 5.48. The molecular weight excluding hydrogens is 238 g/mol. The van der Waals surface area contributed by atoms with E-state index in [1.807, 2.05) is 0 Å². The third-order valence-corrected chi connectivity index (χ3v) is 4.81. The molecule has 110 valence electrons. The normalized spacial score (nSPS) is 31.6. The van der Waals surface area contributed by atoms with Crippen molar-refractivity contribution in [2.75, 3.05) is 19.6 Å². The zero-order chi connectivity index (χ0) is 13.8. The van der Waals surface area contributed by atoms with E-state index in [0.29, 0.717) is 18.5 Å². The number of carbonyl (C=O) groups excluding carboxylic acids is 1. The Morgan fingerprint density at radius 3 is 2.47 bits per heavy atom. The first kappa shape index (κ1) is 14.8. The highest BCUT2D eigenvalue weighted by Crippen LogP contribution is 2.35. The summed E-state index contributed by atoms with van der Waals surface area (Å²) in [5.74, 6) is 1.41. The molecule has 2 rings (SSSR count). The summed E-state index contributed by atoms with van der Waals surface area (Å²) in [7, 11) is 0. The van der Waals surface area contributed by atoms with Gasteiger partial charge < -0.3 is 16.0 Å². The molecule has 1 aliphatic carbocycles. The molecule has 0 aromatic rings. The summed E-state index contributed by atoms with van der Waals surface area (Å²) in [5.41, 5.74) is 5.18. The minimum absolute atomic E-state index is 0.184. The van der Waals surface area contributed by atoms with Gasteiger partial charge in [-0.25, -0.2) is 0 Å². The van der Waals surface area contributed by atoms with E-state index in [1.54, 1.807) is 0 Å². The fraction of sp³-hybridized carbons (Fsp3) is 0.933. The van der Waals surface area contributed by atoms with E-state index in [-0.39, 0.29) is 5.91 Å². The molecule has 1 heterocycles. The van der Waals surface area contributed by atoms with Gasteiger partial charge >= 0.3 is 0 Å². The molecule has 0 aromatic carbocycles. The van der Waals surface area contributed by atoms with Crippen LogP contribution in [0.1, 0.15) is 46.0 Å². The number of hydrogen-bond donors (Lipinski definition) is 2. The van der Waals surface area contributed by atoms with Gasteiger partial charge in [-0.3, -0.25) is 4.79 Å². The Morgan fingerprint density at radius 2 is 1.95 bits per heavy atom. The van der Waals surface area contributed by atoms with Crippen LogP contribution < -0.4 is 11.1 Å². The highest BCUT2D eigenvalue weighted by molar-refractivity contribution is 5.73. The first-order chi connectivity index (χ1) is 9.08. The second-order valence-electron chi connectivity index (χ2n) is 6.55. The second-order valence-corrected chi connectivity index (χ2v) is 6.55. The number of carbonyl (C=O) groups is 1. The third-order valence-electron chi connectivity index (χ3n) is 4.81. The number of nitrogens with one attached hydrogen (secondary N) is 1. The van der Waals surface area contributed by atoms with Gasteiger partial charge in [-0.2, -0.15) is 0 Å². The molecule has 4 nitrogen and oxygen atoms in total. The minimum atomic E-state index is -0.184. The summed E-state index contributed by atoms with van der Waals surface area (Å²) >= 11 is 0. The first-order valence-electron chi connectivity index (χ1n) is 7.83.